The molecule has 2 aromatic carbocycles. The van der Waals surface area contributed by atoms with Gasteiger partial charge in [0, 0.05) is 17.0 Å². The monoisotopic (exact) mass is 443 g/mol. The van der Waals surface area contributed by atoms with E-state index in [1.165, 1.54) is 6.42 Å². The summed E-state index contributed by atoms with van der Waals surface area (Å²) in [6, 6.07) is 8.22. The van der Waals surface area contributed by atoms with Crippen LogP contribution < -0.4 is 11.0 Å². The highest BCUT2D eigenvalue weighted by molar-refractivity contribution is 6.30. The van der Waals surface area contributed by atoms with Crippen LogP contribution in [0.4, 0.5) is 8.78 Å². The zero-order valence-corrected chi connectivity index (χ0v) is 17.3. The van der Waals surface area contributed by atoms with Gasteiger partial charge in [-0.25, -0.2) is 14.2 Å². The molecule has 0 radical (unpaired) electrons. The SMILES string of the molecule is O=C(C[C@H]1C[C@@H]2CC[C@H]1C2)Nn1nc(-c2ccc(Cl)cc2)c2c(F)ccc(F)c2c1=O. The molecule has 2 aliphatic carbocycles. The molecule has 3 atom stereocenters. The fraction of sp³-hybridized carbons (Fsp3) is 0.348. The molecular weight excluding hydrogens is 424 g/mol. The Hall–Kier alpha value is -2.80. The number of nitrogens with zero attached hydrogens (tertiary/aromatic N) is 2. The molecule has 0 unspecified atom stereocenters. The maximum Gasteiger partial charge on any atom is 0.297 e. The number of hydrogen-bond donors (Lipinski definition) is 1. The number of aromatic nitrogens is 2. The predicted octanol–water partition coefficient (Wildman–Crippen LogP) is 4.89. The van der Waals surface area contributed by atoms with Crippen LogP contribution >= 0.6 is 11.6 Å². The summed E-state index contributed by atoms with van der Waals surface area (Å²) in [5, 5.41) is 3.96. The normalized spacial score (nSPS) is 22.2. The Kier molecular flexibility index (Phi) is 5.01. The zero-order valence-electron chi connectivity index (χ0n) is 16.6. The lowest BCUT2D eigenvalue weighted by Crippen LogP contribution is -2.37. The third-order valence-electron chi connectivity index (χ3n) is 6.63. The maximum atomic E-state index is 14.7. The van der Waals surface area contributed by atoms with Gasteiger partial charge < -0.3 is 0 Å². The molecule has 8 heteroatoms. The van der Waals surface area contributed by atoms with Crippen molar-refractivity contribution < 1.29 is 13.6 Å². The molecule has 0 spiro atoms. The molecule has 31 heavy (non-hydrogen) atoms. The van der Waals surface area contributed by atoms with Gasteiger partial charge in [-0.2, -0.15) is 0 Å². The third-order valence-corrected chi connectivity index (χ3v) is 6.88. The first-order valence-corrected chi connectivity index (χ1v) is 10.8. The summed E-state index contributed by atoms with van der Waals surface area (Å²) in [7, 11) is 0. The number of hydrogen-bond acceptors (Lipinski definition) is 3. The quantitative estimate of drug-likeness (QED) is 0.624. The predicted molar refractivity (Wildman–Crippen MR) is 114 cm³/mol. The Morgan fingerprint density at radius 2 is 1.77 bits per heavy atom. The molecule has 1 N–H and O–H groups in total. The summed E-state index contributed by atoms with van der Waals surface area (Å²) >= 11 is 5.94. The average Bonchev–Trinajstić information content (AvgIpc) is 3.36. The van der Waals surface area contributed by atoms with E-state index in [1.54, 1.807) is 24.3 Å². The molecule has 1 amide bonds. The van der Waals surface area contributed by atoms with Gasteiger partial charge in [0.25, 0.3) is 5.56 Å². The van der Waals surface area contributed by atoms with Gasteiger partial charge in [0.2, 0.25) is 5.91 Å². The van der Waals surface area contributed by atoms with Gasteiger partial charge in [-0.15, -0.1) is 9.89 Å². The van der Waals surface area contributed by atoms with Crippen molar-refractivity contribution in [1.82, 2.24) is 9.89 Å². The Labute approximate surface area is 182 Å². The fourth-order valence-electron chi connectivity index (χ4n) is 5.21. The van der Waals surface area contributed by atoms with E-state index in [0.29, 0.717) is 28.3 Å². The Morgan fingerprint density at radius 3 is 2.42 bits per heavy atom. The first kappa shape index (κ1) is 20.1. The standard InChI is InChI=1S/C23H20ClF2N3O2/c24-16-5-3-13(4-6-16)22-20-17(25)7-8-18(26)21(20)23(31)29(28-22)27-19(30)11-15-10-12-1-2-14(15)9-12/h3-8,12,14-15H,1-2,9-11H2,(H,27,30)/t12-,14+,15-/m1/s1. The van der Waals surface area contributed by atoms with Crippen molar-refractivity contribution in [3.05, 3.63) is 63.4 Å². The molecule has 160 valence electrons. The highest BCUT2D eigenvalue weighted by Gasteiger charge is 2.40. The van der Waals surface area contributed by atoms with Crippen molar-refractivity contribution in [2.45, 2.75) is 32.1 Å². The van der Waals surface area contributed by atoms with Crippen molar-refractivity contribution in [3.8, 4) is 11.3 Å². The molecule has 3 aromatic rings. The Morgan fingerprint density at radius 1 is 1.06 bits per heavy atom. The summed E-state index contributed by atoms with van der Waals surface area (Å²) in [4.78, 5) is 26.3. The topological polar surface area (TPSA) is 64.0 Å². The van der Waals surface area contributed by atoms with Crippen LogP contribution in [0, 0.1) is 29.4 Å². The van der Waals surface area contributed by atoms with Crippen molar-refractivity contribution in [2.24, 2.45) is 17.8 Å². The van der Waals surface area contributed by atoms with Gasteiger partial charge in [-0.3, -0.25) is 9.59 Å². The first-order chi connectivity index (χ1) is 14.9. The first-order valence-electron chi connectivity index (χ1n) is 10.4. The smallest absolute Gasteiger partial charge is 0.273 e. The minimum atomic E-state index is -0.911. The molecule has 2 aliphatic rings. The fourth-order valence-corrected chi connectivity index (χ4v) is 5.33. The second-order valence-corrected chi connectivity index (χ2v) is 8.96. The van der Waals surface area contributed by atoms with Crippen LogP contribution in [-0.2, 0) is 4.79 Å². The van der Waals surface area contributed by atoms with Gasteiger partial charge in [0.15, 0.2) is 0 Å². The summed E-state index contributed by atoms with van der Waals surface area (Å²) in [5.41, 5.74) is 2.07. The van der Waals surface area contributed by atoms with Crippen LogP contribution in [0.1, 0.15) is 32.1 Å². The van der Waals surface area contributed by atoms with Crippen LogP contribution in [0.5, 0.6) is 0 Å². The number of carbonyl (C=O) groups excluding carboxylic acids is 1. The number of amides is 1. The number of rotatable bonds is 4. The largest absolute Gasteiger partial charge is 0.297 e. The summed E-state index contributed by atoms with van der Waals surface area (Å²) in [6.45, 7) is 0. The van der Waals surface area contributed by atoms with Crippen LogP contribution in [0.15, 0.2) is 41.2 Å². The second-order valence-electron chi connectivity index (χ2n) is 8.53. The van der Waals surface area contributed by atoms with Gasteiger partial charge in [0.05, 0.1) is 10.8 Å². The molecular formula is C23H20ClF2N3O2. The number of halogens is 3. The highest BCUT2D eigenvalue weighted by Crippen LogP contribution is 2.49. The average molecular weight is 444 g/mol. The second kappa shape index (κ2) is 7.71. The summed E-state index contributed by atoms with van der Waals surface area (Å²) in [5.74, 6) is -0.474. The molecule has 0 aliphatic heterocycles. The maximum absolute atomic E-state index is 14.7. The lowest BCUT2D eigenvalue weighted by Gasteiger charge is -2.21. The third kappa shape index (κ3) is 3.61. The van der Waals surface area contributed by atoms with Crippen molar-refractivity contribution in [1.29, 1.82) is 0 Å². The van der Waals surface area contributed by atoms with E-state index in [0.717, 1.165) is 36.2 Å². The van der Waals surface area contributed by atoms with Crippen molar-refractivity contribution in [3.63, 3.8) is 0 Å². The van der Waals surface area contributed by atoms with E-state index in [-0.39, 0.29) is 23.4 Å². The molecule has 2 fully saturated rings. The van der Waals surface area contributed by atoms with E-state index < -0.39 is 22.6 Å². The van der Waals surface area contributed by atoms with E-state index in [1.807, 2.05) is 0 Å². The van der Waals surface area contributed by atoms with Crippen molar-refractivity contribution >= 4 is 28.3 Å². The molecule has 2 bridgehead atoms. The lowest BCUT2D eigenvalue weighted by atomic mass is 9.86. The number of fused-ring (bicyclic) bond motifs is 3. The van der Waals surface area contributed by atoms with E-state index in [4.69, 9.17) is 11.6 Å². The van der Waals surface area contributed by atoms with Gasteiger partial charge in [-0.05, 0) is 61.3 Å². The van der Waals surface area contributed by atoms with Crippen LogP contribution in [-0.4, -0.2) is 15.8 Å². The van der Waals surface area contributed by atoms with E-state index >= 15 is 0 Å². The molecule has 5 nitrogen and oxygen atoms in total. The molecule has 2 saturated carbocycles. The van der Waals surface area contributed by atoms with Crippen LogP contribution in [0.25, 0.3) is 22.0 Å². The number of nitrogens with one attached hydrogen (secondary N) is 1. The van der Waals surface area contributed by atoms with Crippen LogP contribution in [0.2, 0.25) is 5.02 Å². The van der Waals surface area contributed by atoms with Crippen LogP contribution in [0.3, 0.4) is 0 Å². The molecule has 1 heterocycles. The lowest BCUT2D eigenvalue weighted by molar-refractivity contribution is -0.118. The summed E-state index contributed by atoms with van der Waals surface area (Å²) in [6.07, 6.45) is 4.84. The minimum Gasteiger partial charge on any atom is -0.273 e. The summed E-state index contributed by atoms with van der Waals surface area (Å²) < 4.78 is 29.2. The van der Waals surface area contributed by atoms with Crippen molar-refractivity contribution in [2.75, 3.05) is 5.43 Å². The Bertz CT molecular complexity index is 1240. The number of benzene rings is 2. The zero-order chi connectivity index (χ0) is 21.7. The van der Waals surface area contributed by atoms with Gasteiger partial charge in [-0.1, -0.05) is 30.2 Å². The highest BCUT2D eigenvalue weighted by atomic mass is 35.5. The Balaban J connectivity index is 1.56. The van der Waals surface area contributed by atoms with Gasteiger partial charge >= 0.3 is 0 Å². The number of carbonyl (C=O) groups is 1. The van der Waals surface area contributed by atoms with Gasteiger partial charge in [0.1, 0.15) is 17.3 Å². The molecule has 5 rings (SSSR count). The molecule has 1 aromatic heterocycles. The molecule has 0 saturated heterocycles. The van der Waals surface area contributed by atoms with E-state index in [9.17, 15) is 18.4 Å². The minimum absolute atomic E-state index is 0.0449. The van der Waals surface area contributed by atoms with E-state index in [2.05, 4.69) is 10.5 Å².